The lowest BCUT2D eigenvalue weighted by Gasteiger charge is -2.33. The van der Waals surface area contributed by atoms with Crippen LogP contribution in [-0.4, -0.2) is 49.2 Å². The highest BCUT2D eigenvalue weighted by molar-refractivity contribution is 5.90. The van der Waals surface area contributed by atoms with Crippen LogP contribution in [0.2, 0.25) is 0 Å². The van der Waals surface area contributed by atoms with Gasteiger partial charge < -0.3 is 19.1 Å². The number of nitrogens with zero attached hydrogens (tertiary/aromatic N) is 1. The Balaban J connectivity index is 1.89. The molecule has 148 valence electrons. The van der Waals surface area contributed by atoms with E-state index in [2.05, 4.69) is 6.07 Å². The number of methoxy groups -OCH3 is 1. The number of ether oxygens (including phenoxy) is 3. The second-order valence-corrected chi connectivity index (χ2v) is 7.63. The third-order valence-electron chi connectivity index (χ3n) is 4.22. The van der Waals surface area contributed by atoms with Crippen LogP contribution in [-0.2, 0) is 14.3 Å². The SMILES string of the molecule is COCC(=O)/C=C/Oc1cccc(C2CCN(C(=O)OC(C)(C)C)CC2)c1. The molecule has 1 aliphatic rings. The van der Waals surface area contributed by atoms with Crippen LogP contribution in [0.25, 0.3) is 0 Å². The van der Waals surface area contributed by atoms with Gasteiger partial charge in [0.1, 0.15) is 18.0 Å². The molecule has 0 spiro atoms. The quantitative estimate of drug-likeness (QED) is 0.557. The zero-order chi connectivity index (χ0) is 19.9. The van der Waals surface area contributed by atoms with Gasteiger partial charge in [-0.3, -0.25) is 4.79 Å². The molecule has 0 radical (unpaired) electrons. The van der Waals surface area contributed by atoms with Crippen molar-refractivity contribution in [2.45, 2.75) is 45.1 Å². The maximum atomic E-state index is 12.2. The number of piperidine rings is 1. The molecule has 0 unspecified atom stereocenters. The lowest BCUT2D eigenvalue weighted by molar-refractivity contribution is -0.118. The van der Waals surface area contributed by atoms with E-state index >= 15 is 0 Å². The first kappa shape index (κ1) is 21.0. The van der Waals surface area contributed by atoms with Crippen molar-refractivity contribution in [3.05, 3.63) is 42.2 Å². The van der Waals surface area contributed by atoms with Gasteiger partial charge in [0.15, 0.2) is 5.78 Å². The molecule has 0 aliphatic carbocycles. The predicted molar refractivity (Wildman–Crippen MR) is 103 cm³/mol. The van der Waals surface area contributed by atoms with E-state index in [-0.39, 0.29) is 18.5 Å². The minimum absolute atomic E-state index is 0.0378. The lowest BCUT2D eigenvalue weighted by atomic mass is 9.89. The zero-order valence-electron chi connectivity index (χ0n) is 16.6. The van der Waals surface area contributed by atoms with Crippen LogP contribution in [0.5, 0.6) is 5.75 Å². The Morgan fingerprint density at radius 1 is 1.22 bits per heavy atom. The second kappa shape index (κ2) is 9.55. The van der Waals surface area contributed by atoms with Crippen molar-refractivity contribution >= 4 is 11.9 Å². The van der Waals surface area contributed by atoms with E-state index in [1.54, 1.807) is 4.90 Å². The van der Waals surface area contributed by atoms with Gasteiger partial charge in [-0.15, -0.1) is 0 Å². The third-order valence-corrected chi connectivity index (χ3v) is 4.22. The number of rotatable bonds is 6. The number of hydrogen-bond acceptors (Lipinski definition) is 5. The standard InChI is InChI=1S/C21H29NO5/c1-21(2,3)27-20(24)22-11-8-16(9-12-22)17-6-5-7-19(14-17)26-13-10-18(23)15-25-4/h5-7,10,13-14,16H,8-9,11-12,15H2,1-4H3/b13-10+. The van der Waals surface area contributed by atoms with Gasteiger partial charge >= 0.3 is 6.09 Å². The fourth-order valence-corrected chi connectivity index (χ4v) is 2.94. The van der Waals surface area contributed by atoms with Crippen LogP contribution in [0.15, 0.2) is 36.6 Å². The van der Waals surface area contributed by atoms with Gasteiger partial charge in [-0.1, -0.05) is 12.1 Å². The van der Waals surface area contributed by atoms with Gasteiger partial charge in [0.25, 0.3) is 0 Å². The Morgan fingerprint density at radius 2 is 1.93 bits per heavy atom. The second-order valence-electron chi connectivity index (χ2n) is 7.63. The number of carbonyl (C=O) groups excluding carboxylic acids is 2. The van der Waals surface area contributed by atoms with E-state index < -0.39 is 5.60 Å². The molecule has 0 bridgehead atoms. The normalized spacial score (nSPS) is 15.8. The van der Waals surface area contributed by atoms with E-state index in [1.165, 1.54) is 25.0 Å². The Hall–Kier alpha value is -2.34. The van der Waals surface area contributed by atoms with Crippen molar-refractivity contribution in [1.29, 1.82) is 0 Å². The molecule has 0 aromatic heterocycles. The summed E-state index contributed by atoms with van der Waals surface area (Å²) in [5, 5.41) is 0. The molecule has 0 atom stereocenters. The minimum Gasteiger partial charge on any atom is -0.465 e. The Labute approximate surface area is 161 Å². The number of carbonyl (C=O) groups is 2. The number of ketones is 1. The van der Waals surface area contributed by atoms with Gasteiger partial charge in [-0.25, -0.2) is 4.79 Å². The highest BCUT2D eigenvalue weighted by Gasteiger charge is 2.27. The maximum Gasteiger partial charge on any atom is 0.410 e. The summed E-state index contributed by atoms with van der Waals surface area (Å²) < 4.78 is 15.7. The monoisotopic (exact) mass is 375 g/mol. The first-order valence-electron chi connectivity index (χ1n) is 9.21. The van der Waals surface area contributed by atoms with E-state index in [9.17, 15) is 9.59 Å². The van der Waals surface area contributed by atoms with Gasteiger partial charge in [-0.05, 0) is 57.2 Å². The van der Waals surface area contributed by atoms with Crippen molar-refractivity contribution in [2.75, 3.05) is 26.8 Å². The van der Waals surface area contributed by atoms with Crippen LogP contribution < -0.4 is 4.74 Å². The molecule has 27 heavy (non-hydrogen) atoms. The molecule has 6 nitrogen and oxygen atoms in total. The fourth-order valence-electron chi connectivity index (χ4n) is 2.94. The maximum absolute atomic E-state index is 12.2. The average Bonchev–Trinajstić information content (AvgIpc) is 2.61. The molecule has 1 amide bonds. The largest absolute Gasteiger partial charge is 0.465 e. The topological polar surface area (TPSA) is 65.1 Å². The van der Waals surface area contributed by atoms with Gasteiger partial charge in [0.2, 0.25) is 0 Å². The Morgan fingerprint density at radius 3 is 2.56 bits per heavy atom. The van der Waals surface area contributed by atoms with E-state index in [0.29, 0.717) is 24.8 Å². The van der Waals surface area contributed by atoms with Crippen LogP contribution in [0.4, 0.5) is 4.79 Å². The summed E-state index contributed by atoms with van der Waals surface area (Å²) >= 11 is 0. The number of hydrogen-bond donors (Lipinski definition) is 0. The van der Waals surface area contributed by atoms with Gasteiger partial charge in [0.05, 0.1) is 6.26 Å². The van der Waals surface area contributed by atoms with Crippen molar-refractivity contribution in [3.63, 3.8) is 0 Å². The fraction of sp³-hybridized carbons (Fsp3) is 0.524. The first-order valence-corrected chi connectivity index (χ1v) is 9.21. The molecule has 1 aromatic carbocycles. The summed E-state index contributed by atoms with van der Waals surface area (Å²) in [6.45, 7) is 7.02. The Bertz CT molecular complexity index is 669. The van der Waals surface area contributed by atoms with Crippen molar-refractivity contribution < 1.29 is 23.8 Å². The van der Waals surface area contributed by atoms with Gasteiger partial charge in [-0.2, -0.15) is 0 Å². The zero-order valence-corrected chi connectivity index (χ0v) is 16.6. The molecule has 2 rings (SSSR count). The average molecular weight is 375 g/mol. The smallest absolute Gasteiger partial charge is 0.410 e. The van der Waals surface area contributed by atoms with E-state index in [0.717, 1.165) is 12.8 Å². The number of benzene rings is 1. The van der Waals surface area contributed by atoms with Crippen molar-refractivity contribution in [3.8, 4) is 5.75 Å². The summed E-state index contributed by atoms with van der Waals surface area (Å²) in [6, 6.07) is 7.85. The van der Waals surface area contributed by atoms with Crippen LogP contribution in [0, 0.1) is 0 Å². The summed E-state index contributed by atoms with van der Waals surface area (Å²) in [6.07, 6.45) is 4.25. The summed E-state index contributed by atoms with van der Waals surface area (Å²) in [5.74, 6) is 0.901. The molecule has 0 N–H and O–H groups in total. The van der Waals surface area contributed by atoms with E-state index in [1.807, 2.05) is 39.0 Å². The molecule has 0 saturated carbocycles. The molecule has 1 aromatic rings. The third kappa shape index (κ3) is 7.06. The van der Waals surface area contributed by atoms with Crippen LogP contribution >= 0.6 is 0 Å². The highest BCUT2D eigenvalue weighted by atomic mass is 16.6. The predicted octanol–water partition coefficient (Wildman–Crippen LogP) is 3.91. The van der Waals surface area contributed by atoms with Crippen molar-refractivity contribution in [1.82, 2.24) is 4.90 Å². The number of amides is 1. The lowest BCUT2D eigenvalue weighted by Crippen LogP contribution is -2.41. The molecule has 1 aliphatic heterocycles. The summed E-state index contributed by atoms with van der Waals surface area (Å²) in [4.78, 5) is 25.3. The number of likely N-dealkylation sites (tertiary alicyclic amines) is 1. The van der Waals surface area contributed by atoms with E-state index in [4.69, 9.17) is 14.2 Å². The Kier molecular flexibility index (Phi) is 7.42. The molecule has 1 fully saturated rings. The van der Waals surface area contributed by atoms with Crippen LogP contribution in [0.1, 0.15) is 45.1 Å². The van der Waals surface area contributed by atoms with Crippen LogP contribution in [0.3, 0.4) is 0 Å². The molecule has 6 heteroatoms. The molecule has 1 saturated heterocycles. The summed E-state index contributed by atoms with van der Waals surface area (Å²) in [5.41, 5.74) is 0.700. The molecular weight excluding hydrogens is 346 g/mol. The molecular formula is C21H29NO5. The minimum atomic E-state index is -0.474. The molecule has 1 heterocycles. The van der Waals surface area contributed by atoms with Crippen molar-refractivity contribution in [2.24, 2.45) is 0 Å². The summed E-state index contributed by atoms with van der Waals surface area (Å²) in [7, 11) is 1.48. The highest BCUT2D eigenvalue weighted by Crippen LogP contribution is 2.30. The van der Waals surface area contributed by atoms with Gasteiger partial charge in [0, 0.05) is 26.3 Å². The first-order chi connectivity index (χ1) is 12.8.